The average molecular weight is 277 g/mol. The molecule has 1 saturated heterocycles. The van der Waals surface area contributed by atoms with Crippen LogP contribution in [-0.2, 0) is 0 Å². The van der Waals surface area contributed by atoms with Crippen molar-refractivity contribution in [1.82, 2.24) is 10.2 Å². The number of nitrogens with one attached hydrogen (secondary N) is 1. The fraction of sp³-hybridized carbons (Fsp3) is 0.500. The number of nitro groups is 1. The van der Waals surface area contributed by atoms with Crippen LogP contribution in [-0.4, -0.2) is 42.4 Å². The molecule has 0 spiro atoms. The van der Waals surface area contributed by atoms with Crippen molar-refractivity contribution in [3.63, 3.8) is 0 Å². The minimum atomic E-state index is -0.461. The van der Waals surface area contributed by atoms with E-state index in [-0.39, 0.29) is 11.6 Å². The van der Waals surface area contributed by atoms with Gasteiger partial charge in [-0.15, -0.1) is 0 Å². The predicted molar refractivity (Wildman–Crippen MR) is 75.7 cm³/mol. The zero-order valence-electron chi connectivity index (χ0n) is 11.5. The maximum absolute atomic E-state index is 12.3. The Morgan fingerprint density at radius 1 is 1.35 bits per heavy atom. The normalized spacial score (nSPS) is 16.1. The summed E-state index contributed by atoms with van der Waals surface area (Å²) in [5.74, 6) is 0.587. The first-order valence-corrected chi connectivity index (χ1v) is 6.80. The van der Waals surface area contributed by atoms with Crippen molar-refractivity contribution in [1.29, 1.82) is 0 Å². The van der Waals surface area contributed by atoms with Crippen LogP contribution in [0.15, 0.2) is 24.3 Å². The third-order valence-electron chi connectivity index (χ3n) is 3.72. The second kappa shape index (κ2) is 6.47. The molecule has 108 valence electrons. The first-order valence-electron chi connectivity index (χ1n) is 6.80. The van der Waals surface area contributed by atoms with E-state index in [1.807, 2.05) is 11.9 Å². The number of hydrogen-bond donors (Lipinski definition) is 1. The van der Waals surface area contributed by atoms with E-state index in [9.17, 15) is 14.9 Å². The molecular formula is C14H19N3O3. The van der Waals surface area contributed by atoms with Crippen molar-refractivity contribution in [3.05, 3.63) is 39.9 Å². The summed E-state index contributed by atoms with van der Waals surface area (Å²) < 4.78 is 0. The number of non-ortho nitro benzene ring substituents is 1. The van der Waals surface area contributed by atoms with Crippen LogP contribution in [0.2, 0.25) is 0 Å². The molecular weight excluding hydrogens is 258 g/mol. The number of rotatable bonds is 4. The minimum Gasteiger partial charge on any atom is -0.339 e. The highest BCUT2D eigenvalue weighted by Gasteiger charge is 2.23. The van der Waals surface area contributed by atoms with Gasteiger partial charge in [0.2, 0.25) is 0 Å². The van der Waals surface area contributed by atoms with Crippen LogP contribution >= 0.6 is 0 Å². The molecule has 1 N–H and O–H groups in total. The molecule has 6 nitrogen and oxygen atoms in total. The quantitative estimate of drug-likeness (QED) is 0.671. The average Bonchev–Trinajstić information content (AvgIpc) is 2.48. The molecule has 6 heteroatoms. The second-order valence-electron chi connectivity index (χ2n) is 5.10. The molecule has 1 amide bonds. The van der Waals surface area contributed by atoms with Gasteiger partial charge in [0.25, 0.3) is 11.6 Å². The molecule has 0 saturated carbocycles. The van der Waals surface area contributed by atoms with Crippen LogP contribution in [0.4, 0.5) is 5.69 Å². The smallest absolute Gasteiger partial charge is 0.269 e. The van der Waals surface area contributed by atoms with E-state index >= 15 is 0 Å². The molecule has 2 rings (SSSR count). The fourth-order valence-corrected chi connectivity index (χ4v) is 2.54. The van der Waals surface area contributed by atoms with E-state index in [2.05, 4.69) is 5.32 Å². The Hall–Kier alpha value is -1.95. The number of carbonyl (C=O) groups is 1. The van der Waals surface area contributed by atoms with Gasteiger partial charge in [-0.2, -0.15) is 0 Å². The number of amides is 1. The molecule has 1 aliphatic heterocycles. The fourth-order valence-electron chi connectivity index (χ4n) is 2.54. The number of nitro benzene ring substituents is 1. The predicted octanol–water partition coefficient (Wildman–Crippen LogP) is 1.67. The van der Waals surface area contributed by atoms with Crippen molar-refractivity contribution >= 4 is 11.6 Å². The number of nitrogens with zero attached hydrogens (tertiary/aromatic N) is 2. The Morgan fingerprint density at radius 2 is 1.95 bits per heavy atom. The summed E-state index contributed by atoms with van der Waals surface area (Å²) in [6.45, 7) is 2.49. The van der Waals surface area contributed by atoms with Crippen molar-refractivity contribution in [3.8, 4) is 0 Å². The van der Waals surface area contributed by atoms with Crippen LogP contribution in [0, 0.1) is 16.0 Å². The highest BCUT2D eigenvalue weighted by molar-refractivity contribution is 5.94. The summed E-state index contributed by atoms with van der Waals surface area (Å²) in [5, 5.41) is 13.7. The maximum atomic E-state index is 12.3. The lowest BCUT2D eigenvalue weighted by molar-refractivity contribution is -0.384. The topological polar surface area (TPSA) is 75.5 Å². The Morgan fingerprint density at radius 3 is 2.45 bits per heavy atom. The van der Waals surface area contributed by atoms with Gasteiger partial charge >= 0.3 is 0 Å². The molecule has 1 fully saturated rings. The molecule has 0 atom stereocenters. The third-order valence-corrected chi connectivity index (χ3v) is 3.72. The van der Waals surface area contributed by atoms with E-state index in [0.717, 1.165) is 32.5 Å². The highest BCUT2D eigenvalue weighted by atomic mass is 16.6. The zero-order valence-corrected chi connectivity index (χ0v) is 11.5. The Balaban J connectivity index is 1.96. The molecule has 1 heterocycles. The van der Waals surface area contributed by atoms with Crippen molar-refractivity contribution in [2.45, 2.75) is 12.8 Å². The lowest BCUT2D eigenvalue weighted by Gasteiger charge is -2.32. The second-order valence-corrected chi connectivity index (χ2v) is 5.10. The van der Waals surface area contributed by atoms with Gasteiger partial charge in [0.05, 0.1) is 4.92 Å². The van der Waals surface area contributed by atoms with Gasteiger partial charge in [-0.25, -0.2) is 0 Å². The Labute approximate surface area is 117 Å². The van der Waals surface area contributed by atoms with Crippen molar-refractivity contribution in [2.75, 3.05) is 26.7 Å². The highest BCUT2D eigenvalue weighted by Crippen LogP contribution is 2.19. The Kier molecular flexibility index (Phi) is 4.68. The zero-order chi connectivity index (χ0) is 14.5. The van der Waals surface area contributed by atoms with Gasteiger partial charge in [0.1, 0.15) is 0 Å². The molecule has 0 aliphatic carbocycles. The van der Waals surface area contributed by atoms with E-state index in [4.69, 9.17) is 0 Å². The maximum Gasteiger partial charge on any atom is 0.269 e. The number of carbonyl (C=O) groups excluding carboxylic acids is 1. The van der Waals surface area contributed by atoms with Crippen LogP contribution in [0.5, 0.6) is 0 Å². The van der Waals surface area contributed by atoms with E-state index < -0.39 is 4.92 Å². The molecule has 0 aromatic heterocycles. The molecule has 1 aliphatic rings. The number of hydrogen-bond acceptors (Lipinski definition) is 4. The molecule has 20 heavy (non-hydrogen) atoms. The first-order chi connectivity index (χ1) is 9.61. The number of benzene rings is 1. The summed E-state index contributed by atoms with van der Waals surface area (Å²) in [4.78, 5) is 24.2. The van der Waals surface area contributed by atoms with Crippen LogP contribution < -0.4 is 5.32 Å². The summed E-state index contributed by atoms with van der Waals surface area (Å²) in [6.07, 6.45) is 2.00. The summed E-state index contributed by atoms with van der Waals surface area (Å²) in [7, 11) is 1.94. The molecule has 0 unspecified atom stereocenters. The van der Waals surface area contributed by atoms with Crippen LogP contribution in [0.1, 0.15) is 23.2 Å². The molecule has 0 radical (unpaired) electrons. The van der Waals surface area contributed by atoms with Gasteiger partial charge < -0.3 is 10.2 Å². The standard InChI is InChI=1S/C14H19N3O3/c1-15-10-11-6-8-16(9-7-11)14(18)12-2-4-13(5-3-12)17(19)20/h2-5,11,15H,6-10H2,1H3. The van der Waals surface area contributed by atoms with Crippen molar-refractivity contribution < 1.29 is 9.72 Å². The largest absolute Gasteiger partial charge is 0.339 e. The summed E-state index contributed by atoms with van der Waals surface area (Å²) in [6, 6.07) is 5.81. The number of piperidine rings is 1. The monoisotopic (exact) mass is 277 g/mol. The van der Waals surface area contributed by atoms with E-state index in [0.29, 0.717) is 11.5 Å². The third kappa shape index (κ3) is 3.33. The van der Waals surface area contributed by atoms with Gasteiger partial charge in [0, 0.05) is 30.8 Å². The van der Waals surface area contributed by atoms with Crippen molar-refractivity contribution in [2.24, 2.45) is 5.92 Å². The van der Waals surface area contributed by atoms with Crippen LogP contribution in [0.3, 0.4) is 0 Å². The molecule has 0 bridgehead atoms. The lowest BCUT2D eigenvalue weighted by Crippen LogP contribution is -2.40. The van der Waals surface area contributed by atoms with Crippen LogP contribution in [0.25, 0.3) is 0 Å². The van der Waals surface area contributed by atoms with Gasteiger partial charge in [0.15, 0.2) is 0 Å². The van der Waals surface area contributed by atoms with Gasteiger partial charge in [-0.05, 0) is 44.5 Å². The van der Waals surface area contributed by atoms with E-state index in [1.54, 1.807) is 0 Å². The SMILES string of the molecule is CNCC1CCN(C(=O)c2ccc([N+](=O)[O-])cc2)CC1. The molecule has 1 aromatic carbocycles. The first kappa shape index (κ1) is 14.5. The number of likely N-dealkylation sites (tertiary alicyclic amines) is 1. The Bertz CT molecular complexity index is 479. The van der Waals surface area contributed by atoms with E-state index in [1.165, 1.54) is 24.3 Å². The van der Waals surface area contributed by atoms with Gasteiger partial charge in [-0.3, -0.25) is 14.9 Å². The summed E-state index contributed by atoms with van der Waals surface area (Å²) in [5.41, 5.74) is 0.525. The van der Waals surface area contributed by atoms with Gasteiger partial charge in [-0.1, -0.05) is 0 Å². The lowest BCUT2D eigenvalue weighted by atomic mass is 9.96. The minimum absolute atomic E-state index is 0.00859. The molecule has 1 aromatic rings. The summed E-state index contributed by atoms with van der Waals surface area (Å²) >= 11 is 0.